The first-order valence-electron chi connectivity index (χ1n) is 6.03. The molecule has 0 saturated heterocycles. The van der Waals surface area contributed by atoms with Crippen LogP contribution in [-0.4, -0.2) is 32.0 Å². The Bertz CT molecular complexity index is 377. The van der Waals surface area contributed by atoms with Gasteiger partial charge in [-0.25, -0.2) is 0 Å². The van der Waals surface area contributed by atoms with Gasteiger partial charge in [-0.2, -0.15) is 0 Å². The van der Waals surface area contributed by atoms with Crippen LogP contribution in [0.4, 0.5) is 0 Å². The standard InChI is InChI=1S/C13H20BrNO3.ClH/c1-3-4-15-9-10-7-12(17-2)13(8-11(10)14)18-6-5-16;/h7-8,15-16H,3-6,9H2,1-2H3;1H. The monoisotopic (exact) mass is 353 g/mol. The number of hydrogen-bond acceptors (Lipinski definition) is 4. The van der Waals surface area contributed by atoms with Crippen LogP contribution in [0.2, 0.25) is 0 Å². The van der Waals surface area contributed by atoms with Crippen molar-refractivity contribution >= 4 is 28.3 Å². The predicted octanol–water partition coefficient (Wildman–Crippen LogP) is 2.75. The van der Waals surface area contributed by atoms with E-state index in [2.05, 4.69) is 28.2 Å². The van der Waals surface area contributed by atoms with Crippen LogP contribution in [0.25, 0.3) is 0 Å². The fourth-order valence-corrected chi connectivity index (χ4v) is 2.00. The Morgan fingerprint density at radius 2 is 2.05 bits per heavy atom. The first-order chi connectivity index (χ1) is 8.72. The molecule has 0 bridgehead atoms. The van der Waals surface area contributed by atoms with Gasteiger partial charge in [0.05, 0.1) is 13.7 Å². The first kappa shape index (κ1) is 18.5. The third-order valence-corrected chi connectivity index (χ3v) is 3.16. The summed E-state index contributed by atoms with van der Waals surface area (Å²) in [6.07, 6.45) is 1.10. The van der Waals surface area contributed by atoms with E-state index in [1.54, 1.807) is 7.11 Å². The van der Waals surface area contributed by atoms with Crippen LogP contribution in [0, 0.1) is 0 Å². The minimum Gasteiger partial charge on any atom is -0.493 e. The minimum atomic E-state index is -0.0133. The molecule has 0 saturated carbocycles. The molecule has 0 aliphatic carbocycles. The van der Waals surface area contributed by atoms with Gasteiger partial charge in [-0.1, -0.05) is 22.9 Å². The fourth-order valence-electron chi connectivity index (χ4n) is 1.54. The smallest absolute Gasteiger partial charge is 0.162 e. The van der Waals surface area contributed by atoms with E-state index in [1.165, 1.54) is 0 Å². The Hall–Kier alpha value is -0.490. The van der Waals surface area contributed by atoms with Crippen LogP contribution in [0.1, 0.15) is 18.9 Å². The molecule has 1 aromatic carbocycles. The molecule has 0 unspecified atom stereocenters. The van der Waals surface area contributed by atoms with Crippen molar-refractivity contribution in [3.8, 4) is 11.5 Å². The number of benzene rings is 1. The van der Waals surface area contributed by atoms with Crippen LogP contribution in [0.15, 0.2) is 16.6 Å². The van der Waals surface area contributed by atoms with Crippen molar-refractivity contribution in [2.24, 2.45) is 0 Å². The number of ether oxygens (including phenoxy) is 2. The van der Waals surface area contributed by atoms with Crippen molar-refractivity contribution in [1.29, 1.82) is 0 Å². The van der Waals surface area contributed by atoms with Gasteiger partial charge in [0.25, 0.3) is 0 Å². The minimum absolute atomic E-state index is 0. The summed E-state index contributed by atoms with van der Waals surface area (Å²) in [5.41, 5.74) is 1.12. The van der Waals surface area contributed by atoms with Gasteiger partial charge in [0, 0.05) is 11.0 Å². The Labute approximate surface area is 129 Å². The third-order valence-electron chi connectivity index (χ3n) is 2.42. The summed E-state index contributed by atoms with van der Waals surface area (Å²) >= 11 is 3.52. The maximum atomic E-state index is 8.77. The Balaban J connectivity index is 0.00000324. The zero-order valence-electron chi connectivity index (χ0n) is 11.2. The van der Waals surface area contributed by atoms with E-state index in [0.717, 1.165) is 29.5 Å². The molecule has 6 heteroatoms. The van der Waals surface area contributed by atoms with E-state index in [0.29, 0.717) is 11.5 Å². The zero-order valence-corrected chi connectivity index (χ0v) is 13.6. The van der Waals surface area contributed by atoms with Gasteiger partial charge in [0.2, 0.25) is 0 Å². The van der Waals surface area contributed by atoms with Crippen LogP contribution in [0.3, 0.4) is 0 Å². The highest BCUT2D eigenvalue weighted by molar-refractivity contribution is 9.10. The van der Waals surface area contributed by atoms with Crippen molar-refractivity contribution in [2.45, 2.75) is 19.9 Å². The lowest BCUT2D eigenvalue weighted by molar-refractivity contribution is 0.196. The molecule has 2 N–H and O–H groups in total. The number of nitrogens with one attached hydrogen (secondary N) is 1. The first-order valence-corrected chi connectivity index (χ1v) is 6.83. The Morgan fingerprint density at radius 3 is 2.63 bits per heavy atom. The van der Waals surface area contributed by atoms with Crippen molar-refractivity contribution in [3.63, 3.8) is 0 Å². The number of halogens is 2. The Kier molecular flexibility index (Phi) is 10.0. The number of methoxy groups -OCH3 is 1. The normalized spacial score (nSPS) is 9.89. The molecule has 0 heterocycles. The van der Waals surface area contributed by atoms with Crippen LogP contribution < -0.4 is 14.8 Å². The highest BCUT2D eigenvalue weighted by Crippen LogP contribution is 2.33. The number of aliphatic hydroxyl groups excluding tert-OH is 1. The summed E-state index contributed by atoms with van der Waals surface area (Å²) in [4.78, 5) is 0. The van der Waals surface area contributed by atoms with Crippen molar-refractivity contribution in [2.75, 3.05) is 26.9 Å². The molecule has 110 valence electrons. The summed E-state index contributed by atoms with van der Waals surface area (Å²) in [5.74, 6) is 1.32. The molecule has 1 aromatic rings. The van der Waals surface area contributed by atoms with Gasteiger partial charge < -0.3 is 19.9 Å². The lowest BCUT2D eigenvalue weighted by atomic mass is 10.2. The van der Waals surface area contributed by atoms with Crippen molar-refractivity contribution in [3.05, 3.63) is 22.2 Å². The predicted molar refractivity (Wildman–Crippen MR) is 82.5 cm³/mol. The SMILES string of the molecule is CCCNCc1cc(OC)c(OCCO)cc1Br.Cl. The average Bonchev–Trinajstić information content (AvgIpc) is 2.38. The summed E-state index contributed by atoms with van der Waals surface area (Å²) < 4.78 is 11.7. The second kappa shape index (κ2) is 10.3. The van der Waals surface area contributed by atoms with Gasteiger partial charge in [0.1, 0.15) is 6.61 Å². The highest BCUT2D eigenvalue weighted by Gasteiger charge is 2.09. The molecule has 1 rings (SSSR count). The maximum absolute atomic E-state index is 8.77. The average molecular weight is 355 g/mol. The molecule has 19 heavy (non-hydrogen) atoms. The van der Waals surface area contributed by atoms with Gasteiger partial charge in [-0.15, -0.1) is 12.4 Å². The summed E-state index contributed by atoms with van der Waals surface area (Å²) in [5, 5.41) is 12.1. The van der Waals surface area contributed by atoms with Crippen LogP contribution in [-0.2, 0) is 6.54 Å². The van der Waals surface area contributed by atoms with E-state index in [1.807, 2.05) is 12.1 Å². The largest absolute Gasteiger partial charge is 0.493 e. The molecule has 0 fully saturated rings. The fraction of sp³-hybridized carbons (Fsp3) is 0.538. The molecule has 0 aliphatic rings. The van der Waals surface area contributed by atoms with Gasteiger partial charge in [-0.05, 0) is 30.7 Å². The number of hydrogen-bond donors (Lipinski definition) is 2. The Morgan fingerprint density at radius 1 is 1.32 bits per heavy atom. The molecule has 0 spiro atoms. The highest BCUT2D eigenvalue weighted by atomic mass is 79.9. The topological polar surface area (TPSA) is 50.7 Å². The molecule has 4 nitrogen and oxygen atoms in total. The summed E-state index contributed by atoms with van der Waals surface area (Å²) in [6.45, 7) is 4.15. The quantitative estimate of drug-likeness (QED) is 0.705. The van der Waals surface area contributed by atoms with E-state index < -0.39 is 0 Å². The molecule has 0 radical (unpaired) electrons. The lowest BCUT2D eigenvalue weighted by Crippen LogP contribution is -2.14. The van der Waals surface area contributed by atoms with Gasteiger partial charge in [-0.3, -0.25) is 0 Å². The van der Waals surface area contributed by atoms with Crippen LogP contribution in [0.5, 0.6) is 11.5 Å². The molecule has 0 aromatic heterocycles. The number of aliphatic hydroxyl groups is 1. The van der Waals surface area contributed by atoms with Crippen molar-refractivity contribution < 1.29 is 14.6 Å². The molecule has 0 aliphatic heterocycles. The maximum Gasteiger partial charge on any atom is 0.162 e. The van der Waals surface area contributed by atoms with E-state index in [-0.39, 0.29) is 25.6 Å². The summed E-state index contributed by atoms with van der Waals surface area (Å²) in [7, 11) is 1.61. The lowest BCUT2D eigenvalue weighted by Gasteiger charge is -2.13. The molecular formula is C13H21BrClNO3. The molecule has 0 atom stereocenters. The third kappa shape index (κ3) is 5.99. The molecular weight excluding hydrogens is 334 g/mol. The zero-order chi connectivity index (χ0) is 13.4. The number of rotatable bonds is 8. The second-order valence-electron chi connectivity index (χ2n) is 3.84. The molecule has 0 amide bonds. The van der Waals surface area contributed by atoms with Crippen molar-refractivity contribution in [1.82, 2.24) is 5.32 Å². The van der Waals surface area contributed by atoms with E-state index in [4.69, 9.17) is 14.6 Å². The van der Waals surface area contributed by atoms with Gasteiger partial charge in [0.15, 0.2) is 11.5 Å². The van der Waals surface area contributed by atoms with E-state index in [9.17, 15) is 0 Å². The second-order valence-corrected chi connectivity index (χ2v) is 4.70. The van der Waals surface area contributed by atoms with E-state index >= 15 is 0 Å². The van der Waals surface area contributed by atoms with Crippen LogP contribution >= 0.6 is 28.3 Å². The summed E-state index contributed by atoms with van der Waals surface area (Å²) in [6, 6.07) is 3.82. The van der Waals surface area contributed by atoms with Gasteiger partial charge >= 0.3 is 0 Å².